The number of nitrogens with zero attached hydrogens (tertiary/aromatic N) is 4. The standard InChI is InChI=1S/C19H25N5O2/c1-22-12-16(13-23-11-8-19(14-23)6-9-20-10-7-19)18(21-22)15-2-4-17(5-3-15)24(25)26/h2-5,12,20H,6-11,13-14H2,1H3. The van der Waals surface area contributed by atoms with Gasteiger partial charge in [0.25, 0.3) is 5.69 Å². The number of piperidine rings is 1. The van der Waals surface area contributed by atoms with Gasteiger partial charge in [-0.2, -0.15) is 5.10 Å². The molecule has 1 spiro atoms. The minimum Gasteiger partial charge on any atom is -0.317 e. The molecule has 0 amide bonds. The molecule has 0 radical (unpaired) electrons. The van der Waals surface area contributed by atoms with Crippen LogP contribution in [0.3, 0.4) is 0 Å². The Morgan fingerprint density at radius 1 is 1.23 bits per heavy atom. The van der Waals surface area contributed by atoms with Crippen LogP contribution in [0.1, 0.15) is 24.8 Å². The number of nitro groups is 1. The molecule has 0 bridgehead atoms. The molecule has 2 saturated heterocycles. The number of aromatic nitrogens is 2. The number of nitrogens with one attached hydrogen (secondary N) is 1. The molecule has 1 aromatic heterocycles. The Kier molecular flexibility index (Phi) is 4.50. The van der Waals surface area contributed by atoms with E-state index in [0.29, 0.717) is 5.41 Å². The average molecular weight is 355 g/mol. The SMILES string of the molecule is Cn1cc(CN2CCC3(CCNCC3)C2)c(-c2ccc([N+](=O)[O-])cc2)n1. The Hall–Kier alpha value is -2.25. The number of non-ortho nitro benzene ring substituents is 1. The number of benzene rings is 1. The molecular formula is C19H25N5O2. The van der Waals surface area contributed by atoms with Crippen molar-refractivity contribution in [1.29, 1.82) is 0 Å². The van der Waals surface area contributed by atoms with Crippen molar-refractivity contribution in [1.82, 2.24) is 20.0 Å². The van der Waals surface area contributed by atoms with Crippen LogP contribution in [0, 0.1) is 15.5 Å². The molecule has 2 aliphatic heterocycles. The van der Waals surface area contributed by atoms with Gasteiger partial charge in [0.15, 0.2) is 0 Å². The highest BCUT2D eigenvalue weighted by molar-refractivity contribution is 5.64. The maximum absolute atomic E-state index is 10.9. The van der Waals surface area contributed by atoms with E-state index in [1.165, 1.54) is 24.8 Å². The molecule has 0 atom stereocenters. The molecule has 0 unspecified atom stereocenters. The van der Waals surface area contributed by atoms with E-state index in [4.69, 9.17) is 0 Å². The zero-order chi connectivity index (χ0) is 18.1. The van der Waals surface area contributed by atoms with Gasteiger partial charge in [-0.25, -0.2) is 0 Å². The van der Waals surface area contributed by atoms with Gasteiger partial charge in [0.2, 0.25) is 0 Å². The first kappa shape index (κ1) is 17.2. The molecule has 7 nitrogen and oxygen atoms in total. The molecule has 138 valence electrons. The Balaban J connectivity index is 1.52. The summed E-state index contributed by atoms with van der Waals surface area (Å²) in [5, 5.41) is 19.0. The second-order valence-electron chi connectivity index (χ2n) is 7.69. The highest BCUT2D eigenvalue weighted by Gasteiger charge is 2.38. The third-order valence-corrected chi connectivity index (χ3v) is 5.83. The monoisotopic (exact) mass is 355 g/mol. The summed E-state index contributed by atoms with van der Waals surface area (Å²) in [4.78, 5) is 13.0. The number of rotatable bonds is 4. The maximum Gasteiger partial charge on any atom is 0.269 e. The second kappa shape index (κ2) is 6.81. The van der Waals surface area contributed by atoms with Crippen LogP contribution in [0.4, 0.5) is 5.69 Å². The van der Waals surface area contributed by atoms with Crippen molar-refractivity contribution < 1.29 is 4.92 Å². The smallest absolute Gasteiger partial charge is 0.269 e. The number of likely N-dealkylation sites (tertiary alicyclic amines) is 1. The van der Waals surface area contributed by atoms with E-state index in [1.54, 1.807) is 24.3 Å². The van der Waals surface area contributed by atoms with Gasteiger partial charge in [-0.15, -0.1) is 0 Å². The minimum atomic E-state index is -0.369. The zero-order valence-corrected chi connectivity index (χ0v) is 15.1. The molecule has 2 aliphatic rings. The fourth-order valence-electron chi connectivity index (χ4n) is 4.41. The summed E-state index contributed by atoms with van der Waals surface area (Å²) in [6.07, 6.45) is 5.89. The Morgan fingerprint density at radius 2 is 1.96 bits per heavy atom. The van der Waals surface area contributed by atoms with Gasteiger partial charge in [0, 0.05) is 49.6 Å². The van der Waals surface area contributed by atoms with Gasteiger partial charge in [0.05, 0.1) is 10.6 Å². The maximum atomic E-state index is 10.9. The van der Waals surface area contributed by atoms with E-state index in [1.807, 2.05) is 11.7 Å². The van der Waals surface area contributed by atoms with Gasteiger partial charge >= 0.3 is 0 Å². The highest BCUT2D eigenvalue weighted by atomic mass is 16.6. The Labute approximate surface area is 153 Å². The highest BCUT2D eigenvalue weighted by Crippen LogP contribution is 2.39. The fourth-order valence-corrected chi connectivity index (χ4v) is 4.41. The van der Waals surface area contributed by atoms with E-state index < -0.39 is 0 Å². The minimum absolute atomic E-state index is 0.110. The molecule has 1 N–H and O–H groups in total. The molecule has 2 fully saturated rings. The van der Waals surface area contributed by atoms with Crippen molar-refractivity contribution in [2.75, 3.05) is 26.2 Å². The predicted octanol–water partition coefficient (Wildman–Crippen LogP) is 2.57. The van der Waals surface area contributed by atoms with Gasteiger partial charge in [-0.05, 0) is 56.4 Å². The number of hydrogen-bond acceptors (Lipinski definition) is 5. The lowest BCUT2D eigenvalue weighted by Gasteiger charge is -2.33. The Morgan fingerprint density at radius 3 is 2.65 bits per heavy atom. The molecule has 7 heteroatoms. The summed E-state index contributed by atoms with van der Waals surface area (Å²) in [6, 6.07) is 6.69. The van der Waals surface area contributed by atoms with Crippen molar-refractivity contribution in [3.05, 3.63) is 46.1 Å². The van der Waals surface area contributed by atoms with Crippen LogP contribution in [0.5, 0.6) is 0 Å². The second-order valence-corrected chi connectivity index (χ2v) is 7.69. The van der Waals surface area contributed by atoms with E-state index in [0.717, 1.165) is 44.0 Å². The first-order chi connectivity index (χ1) is 12.5. The summed E-state index contributed by atoms with van der Waals surface area (Å²) >= 11 is 0. The van der Waals surface area contributed by atoms with Crippen molar-refractivity contribution in [3.63, 3.8) is 0 Å². The van der Waals surface area contributed by atoms with Crippen LogP contribution in [0.15, 0.2) is 30.5 Å². The van der Waals surface area contributed by atoms with E-state index >= 15 is 0 Å². The van der Waals surface area contributed by atoms with Gasteiger partial charge in [0.1, 0.15) is 0 Å². The van der Waals surface area contributed by atoms with Gasteiger partial charge in [-0.1, -0.05) is 0 Å². The van der Waals surface area contributed by atoms with Crippen LogP contribution < -0.4 is 5.32 Å². The number of hydrogen-bond donors (Lipinski definition) is 1. The first-order valence-electron chi connectivity index (χ1n) is 9.25. The van der Waals surface area contributed by atoms with Crippen LogP contribution >= 0.6 is 0 Å². The van der Waals surface area contributed by atoms with Gasteiger partial charge < -0.3 is 5.32 Å². The fraction of sp³-hybridized carbons (Fsp3) is 0.526. The van der Waals surface area contributed by atoms with Crippen LogP contribution in [-0.4, -0.2) is 45.8 Å². The van der Waals surface area contributed by atoms with Crippen LogP contribution in [-0.2, 0) is 13.6 Å². The summed E-state index contributed by atoms with van der Waals surface area (Å²) in [6.45, 7) is 5.44. The van der Waals surface area contributed by atoms with Crippen molar-refractivity contribution in [2.45, 2.75) is 25.8 Å². The molecule has 0 aliphatic carbocycles. The van der Waals surface area contributed by atoms with Gasteiger partial charge in [-0.3, -0.25) is 19.7 Å². The Bertz CT molecular complexity index is 793. The van der Waals surface area contributed by atoms with Crippen molar-refractivity contribution >= 4 is 5.69 Å². The molecular weight excluding hydrogens is 330 g/mol. The normalized spacial score (nSPS) is 19.9. The summed E-state index contributed by atoms with van der Waals surface area (Å²) in [5.74, 6) is 0. The lowest BCUT2D eigenvalue weighted by molar-refractivity contribution is -0.384. The van der Waals surface area contributed by atoms with E-state index in [9.17, 15) is 10.1 Å². The first-order valence-corrected chi connectivity index (χ1v) is 9.25. The molecule has 0 saturated carbocycles. The summed E-state index contributed by atoms with van der Waals surface area (Å²) in [5.41, 5.74) is 3.64. The van der Waals surface area contributed by atoms with Crippen LogP contribution in [0.25, 0.3) is 11.3 Å². The van der Waals surface area contributed by atoms with Crippen LogP contribution in [0.2, 0.25) is 0 Å². The van der Waals surface area contributed by atoms with E-state index in [-0.39, 0.29) is 10.6 Å². The molecule has 1 aromatic carbocycles. The third kappa shape index (κ3) is 3.37. The lowest BCUT2D eigenvalue weighted by Crippen LogP contribution is -2.38. The number of nitro benzene ring substituents is 1. The third-order valence-electron chi connectivity index (χ3n) is 5.83. The number of aryl methyl sites for hydroxylation is 1. The predicted molar refractivity (Wildman–Crippen MR) is 99.7 cm³/mol. The lowest BCUT2D eigenvalue weighted by atomic mass is 9.78. The summed E-state index contributed by atoms with van der Waals surface area (Å²) < 4.78 is 1.84. The largest absolute Gasteiger partial charge is 0.317 e. The molecule has 3 heterocycles. The zero-order valence-electron chi connectivity index (χ0n) is 15.1. The van der Waals surface area contributed by atoms with Crippen molar-refractivity contribution in [2.24, 2.45) is 12.5 Å². The van der Waals surface area contributed by atoms with Crippen molar-refractivity contribution in [3.8, 4) is 11.3 Å². The summed E-state index contributed by atoms with van der Waals surface area (Å²) in [7, 11) is 1.93. The van der Waals surface area contributed by atoms with E-state index in [2.05, 4.69) is 21.5 Å². The quantitative estimate of drug-likeness (QED) is 0.674. The topological polar surface area (TPSA) is 76.2 Å². The molecule has 26 heavy (non-hydrogen) atoms. The molecule has 4 rings (SSSR count). The average Bonchev–Trinajstić information content (AvgIpc) is 3.19. The molecule has 2 aromatic rings.